The number of aromatic carboxylic acids is 1. The number of rotatable bonds is 3. The van der Waals surface area contributed by atoms with Crippen LogP contribution in [-0.2, 0) is 0 Å². The topological polar surface area (TPSA) is 63.3 Å². The van der Waals surface area contributed by atoms with Crippen molar-refractivity contribution in [3.8, 4) is 11.3 Å². The average molecular weight is 334 g/mol. The maximum absolute atomic E-state index is 10.9. The summed E-state index contributed by atoms with van der Waals surface area (Å²) in [6.07, 6.45) is 4.72. The van der Waals surface area contributed by atoms with E-state index in [0.717, 1.165) is 18.4 Å². The van der Waals surface area contributed by atoms with Crippen LogP contribution in [0.3, 0.4) is 0 Å². The van der Waals surface area contributed by atoms with Crippen LogP contribution >= 0.6 is 11.6 Å². The Morgan fingerprint density at radius 1 is 1.30 bits per heavy atom. The Balaban J connectivity index is 1.82. The number of hydrogen-bond donors (Lipinski definition) is 1. The van der Waals surface area contributed by atoms with Crippen LogP contribution in [0.5, 0.6) is 0 Å². The molecule has 0 saturated heterocycles. The number of carboxylic acid groups (broad SMARTS) is 1. The third kappa shape index (κ3) is 3.42. The highest BCUT2D eigenvalue weighted by Crippen LogP contribution is 2.44. The van der Waals surface area contributed by atoms with Gasteiger partial charge in [-0.2, -0.15) is 0 Å². The van der Waals surface area contributed by atoms with Crippen LogP contribution in [0.15, 0.2) is 28.8 Å². The highest BCUT2D eigenvalue weighted by Gasteiger charge is 2.28. The molecule has 0 aliphatic heterocycles. The van der Waals surface area contributed by atoms with Crippen molar-refractivity contribution in [3.05, 3.63) is 40.6 Å². The number of benzene rings is 1. The molecule has 3 rings (SSSR count). The Morgan fingerprint density at radius 3 is 2.57 bits per heavy atom. The van der Waals surface area contributed by atoms with Crippen LogP contribution in [0.25, 0.3) is 11.3 Å². The minimum Gasteiger partial charge on any atom is -0.475 e. The maximum atomic E-state index is 10.9. The smallest absolute Gasteiger partial charge is 0.374 e. The van der Waals surface area contributed by atoms with Crippen molar-refractivity contribution in [2.45, 2.75) is 45.4 Å². The molecule has 0 amide bonds. The van der Waals surface area contributed by atoms with Gasteiger partial charge in [0.05, 0.1) is 0 Å². The zero-order chi connectivity index (χ0) is 16.6. The fourth-order valence-corrected chi connectivity index (χ4v) is 3.57. The van der Waals surface area contributed by atoms with Crippen molar-refractivity contribution in [2.24, 2.45) is 5.41 Å². The first-order valence-electron chi connectivity index (χ1n) is 7.85. The van der Waals surface area contributed by atoms with Crippen molar-refractivity contribution in [3.63, 3.8) is 0 Å². The molecule has 1 aromatic heterocycles. The fraction of sp³-hybridized carbons (Fsp3) is 0.444. The van der Waals surface area contributed by atoms with Crippen LogP contribution in [-0.4, -0.2) is 16.2 Å². The normalized spacial score (nSPS) is 18.0. The van der Waals surface area contributed by atoms with Crippen LogP contribution in [0.4, 0.5) is 0 Å². The zero-order valence-corrected chi connectivity index (χ0v) is 14.1. The van der Waals surface area contributed by atoms with Crippen molar-refractivity contribution in [1.29, 1.82) is 0 Å². The summed E-state index contributed by atoms with van der Waals surface area (Å²) >= 11 is 6.48. The quantitative estimate of drug-likeness (QED) is 0.819. The Labute approximate surface area is 140 Å². The van der Waals surface area contributed by atoms with Crippen LogP contribution in [0.1, 0.15) is 61.6 Å². The van der Waals surface area contributed by atoms with Gasteiger partial charge in [0.1, 0.15) is 5.69 Å². The summed E-state index contributed by atoms with van der Waals surface area (Å²) in [4.78, 5) is 10.9. The Bertz CT molecular complexity index is 726. The first-order valence-corrected chi connectivity index (χ1v) is 8.23. The molecule has 5 heteroatoms. The minimum absolute atomic E-state index is 0.172. The lowest BCUT2D eigenvalue weighted by Gasteiger charge is -2.34. The zero-order valence-electron chi connectivity index (χ0n) is 13.3. The van der Waals surface area contributed by atoms with Gasteiger partial charge in [-0.05, 0) is 48.6 Å². The van der Waals surface area contributed by atoms with Crippen molar-refractivity contribution in [1.82, 2.24) is 5.16 Å². The number of halogens is 1. The maximum Gasteiger partial charge on any atom is 0.374 e. The summed E-state index contributed by atoms with van der Waals surface area (Å²) in [7, 11) is 0. The van der Waals surface area contributed by atoms with E-state index in [1.54, 1.807) is 0 Å². The van der Waals surface area contributed by atoms with E-state index in [2.05, 4.69) is 19.0 Å². The molecule has 0 radical (unpaired) electrons. The summed E-state index contributed by atoms with van der Waals surface area (Å²) in [5, 5.41) is 13.4. The number of aromatic nitrogens is 1. The monoisotopic (exact) mass is 333 g/mol. The van der Waals surface area contributed by atoms with E-state index in [-0.39, 0.29) is 5.76 Å². The predicted octanol–water partition coefficient (Wildman–Crippen LogP) is 5.38. The first kappa shape index (κ1) is 16.1. The van der Waals surface area contributed by atoms with Crippen LogP contribution < -0.4 is 0 Å². The third-order valence-electron chi connectivity index (χ3n) is 4.80. The van der Waals surface area contributed by atoms with E-state index in [1.807, 2.05) is 18.2 Å². The SMILES string of the molecule is CC1(C)CCC(c2ccc(-c3cc(C(=O)O)on3)cc2Cl)CC1. The molecule has 0 atom stereocenters. The van der Waals surface area contributed by atoms with E-state index >= 15 is 0 Å². The lowest BCUT2D eigenvalue weighted by molar-refractivity contribution is 0.0652. The minimum atomic E-state index is -1.13. The van der Waals surface area contributed by atoms with Gasteiger partial charge in [-0.1, -0.05) is 42.7 Å². The molecule has 1 heterocycles. The van der Waals surface area contributed by atoms with E-state index in [1.165, 1.54) is 24.5 Å². The van der Waals surface area contributed by atoms with Crippen LogP contribution in [0, 0.1) is 5.41 Å². The van der Waals surface area contributed by atoms with Gasteiger partial charge in [-0.3, -0.25) is 0 Å². The second kappa shape index (κ2) is 6.00. The average Bonchev–Trinajstić information content (AvgIpc) is 2.98. The Kier molecular flexibility index (Phi) is 4.19. The molecule has 0 bridgehead atoms. The molecule has 1 aliphatic rings. The van der Waals surface area contributed by atoms with Crippen molar-refractivity contribution >= 4 is 17.6 Å². The molecule has 0 spiro atoms. The third-order valence-corrected chi connectivity index (χ3v) is 5.12. The summed E-state index contributed by atoms with van der Waals surface area (Å²) in [6, 6.07) is 7.23. The number of hydrogen-bond acceptors (Lipinski definition) is 3. The van der Waals surface area contributed by atoms with E-state index in [9.17, 15) is 4.79 Å². The highest BCUT2D eigenvalue weighted by atomic mass is 35.5. The molecule has 122 valence electrons. The van der Waals surface area contributed by atoms with Gasteiger partial charge in [0, 0.05) is 16.7 Å². The van der Waals surface area contributed by atoms with Crippen LogP contribution in [0.2, 0.25) is 5.02 Å². The summed E-state index contributed by atoms with van der Waals surface area (Å²) in [5.74, 6) is -0.803. The Hall–Kier alpha value is -1.81. The van der Waals surface area contributed by atoms with Gasteiger partial charge in [0.25, 0.3) is 0 Å². The lowest BCUT2D eigenvalue weighted by Crippen LogP contribution is -2.20. The molecule has 1 aliphatic carbocycles. The predicted molar refractivity (Wildman–Crippen MR) is 88.9 cm³/mol. The lowest BCUT2D eigenvalue weighted by atomic mass is 9.71. The van der Waals surface area contributed by atoms with Crippen molar-refractivity contribution < 1.29 is 14.4 Å². The second-order valence-corrected chi connectivity index (χ2v) is 7.46. The molecular formula is C18H20ClNO3. The molecular weight excluding hydrogens is 314 g/mol. The molecule has 1 aromatic carbocycles. The number of carbonyl (C=O) groups is 1. The van der Waals surface area contributed by atoms with E-state index < -0.39 is 5.97 Å². The number of nitrogens with zero attached hydrogens (tertiary/aromatic N) is 1. The van der Waals surface area contributed by atoms with Gasteiger partial charge < -0.3 is 9.63 Å². The molecule has 1 saturated carbocycles. The van der Waals surface area contributed by atoms with Crippen molar-refractivity contribution in [2.75, 3.05) is 0 Å². The molecule has 1 N–H and O–H groups in total. The van der Waals surface area contributed by atoms with Gasteiger partial charge in [0.2, 0.25) is 5.76 Å². The molecule has 2 aromatic rings. The first-order chi connectivity index (χ1) is 10.9. The van der Waals surface area contributed by atoms with E-state index in [0.29, 0.717) is 22.0 Å². The summed E-state index contributed by atoms with van der Waals surface area (Å²) in [5.41, 5.74) is 2.86. The van der Waals surface area contributed by atoms with E-state index in [4.69, 9.17) is 21.2 Å². The van der Waals surface area contributed by atoms with Gasteiger partial charge >= 0.3 is 5.97 Å². The molecule has 4 nitrogen and oxygen atoms in total. The second-order valence-electron chi connectivity index (χ2n) is 7.06. The summed E-state index contributed by atoms with van der Waals surface area (Å²) in [6.45, 7) is 4.64. The highest BCUT2D eigenvalue weighted by molar-refractivity contribution is 6.31. The standard InChI is InChI=1S/C18H20ClNO3/c1-18(2)7-5-11(6-8-18)13-4-3-12(9-14(13)19)15-10-16(17(21)22)23-20-15/h3-4,9-11H,5-8H2,1-2H3,(H,21,22). The van der Waals surface area contributed by atoms with Gasteiger partial charge in [-0.15, -0.1) is 0 Å². The fourth-order valence-electron chi connectivity index (χ4n) is 3.24. The van der Waals surface area contributed by atoms with Gasteiger partial charge in [0.15, 0.2) is 0 Å². The summed E-state index contributed by atoms with van der Waals surface area (Å²) < 4.78 is 4.80. The molecule has 23 heavy (non-hydrogen) atoms. The Morgan fingerprint density at radius 2 is 2.00 bits per heavy atom. The van der Waals surface area contributed by atoms with Gasteiger partial charge in [-0.25, -0.2) is 4.79 Å². The largest absolute Gasteiger partial charge is 0.475 e. The number of carboxylic acids is 1. The molecule has 1 fully saturated rings. The molecule has 0 unspecified atom stereocenters.